The second-order valence-electron chi connectivity index (χ2n) is 8.70. The predicted molar refractivity (Wildman–Crippen MR) is 137 cm³/mol. The summed E-state index contributed by atoms with van der Waals surface area (Å²) >= 11 is 0. The Kier molecular flexibility index (Phi) is 6.05. The number of fused-ring (bicyclic) bond motifs is 2. The van der Waals surface area contributed by atoms with Crippen molar-refractivity contribution in [1.29, 1.82) is 0 Å². The van der Waals surface area contributed by atoms with Crippen LogP contribution in [0.3, 0.4) is 0 Å². The molecular weight excluding hydrogens is 458 g/mol. The Morgan fingerprint density at radius 1 is 1.11 bits per heavy atom. The van der Waals surface area contributed by atoms with Crippen LogP contribution in [-0.2, 0) is 6.42 Å². The molecular formula is C27H27N5O4. The minimum Gasteiger partial charge on any atom is -0.495 e. The van der Waals surface area contributed by atoms with Crippen molar-refractivity contribution in [2.75, 3.05) is 19.5 Å². The van der Waals surface area contributed by atoms with Gasteiger partial charge in [0.1, 0.15) is 11.3 Å². The molecule has 2 N–H and O–H groups in total. The minimum atomic E-state index is -0.196. The van der Waals surface area contributed by atoms with Crippen LogP contribution in [0.2, 0.25) is 0 Å². The van der Waals surface area contributed by atoms with Gasteiger partial charge < -0.3 is 24.5 Å². The number of allylic oxidation sites excluding steroid dienone is 1. The van der Waals surface area contributed by atoms with Gasteiger partial charge in [0.05, 0.1) is 30.2 Å². The molecule has 5 rings (SSSR count). The maximum atomic E-state index is 12.0. The smallest absolute Gasteiger partial charge is 0.251 e. The average Bonchev–Trinajstić information content (AvgIpc) is 3.45. The van der Waals surface area contributed by atoms with E-state index < -0.39 is 0 Å². The molecule has 0 unspecified atom stereocenters. The fraction of sp³-hybridized carbons (Fsp3) is 0.259. The van der Waals surface area contributed by atoms with Crippen molar-refractivity contribution in [3.63, 3.8) is 0 Å². The summed E-state index contributed by atoms with van der Waals surface area (Å²) in [4.78, 5) is 25.9. The number of oxazole rings is 1. The van der Waals surface area contributed by atoms with Gasteiger partial charge in [-0.25, -0.2) is 9.97 Å². The number of nitrogens with one attached hydrogen (secondary N) is 2. The van der Waals surface area contributed by atoms with Gasteiger partial charge in [-0.3, -0.25) is 4.79 Å². The lowest BCUT2D eigenvalue weighted by Crippen LogP contribution is -2.17. The normalized spacial score (nSPS) is 12.4. The molecule has 36 heavy (non-hydrogen) atoms. The predicted octanol–water partition coefficient (Wildman–Crippen LogP) is 4.81. The van der Waals surface area contributed by atoms with E-state index in [0.717, 1.165) is 33.5 Å². The zero-order valence-electron chi connectivity index (χ0n) is 20.8. The van der Waals surface area contributed by atoms with Gasteiger partial charge in [-0.05, 0) is 55.3 Å². The van der Waals surface area contributed by atoms with Gasteiger partial charge in [-0.1, -0.05) is 12.1 Å². The van der Waals surface area contributed by atoms with Crippen LogP contribution < -0.4 is 20.1 Å². The van der Waals surface area contributed by atoms with Gasteiger partial charge in [0.2, 0.25) is 11.8 Å². The third-order valence-corrected chi connectivity index (χ3v) is 5.81. The number of carbonyl (C=O) groups is 1. The average molecular weight is 486 g/mol. The van der Waals surface area contributed by atoms with Crippen LogP contribution in [0.25, 0.3) is 16.7 Å². The van der Waals surface area contributed by atoms with Crippen LogP contribution in [0.5, 0.6) is 11.6 Å². The summed E-state index contributed by atoms with van der Waals surface area (Å²) in [5.41, 5.74) is 6.39. The molecule has 0 aliphatic heterocycles. The van der Waals surface area contributed by atoms with E-state index in [4.69, 9.17) is 23.9 Å². The second-order valence-corrected chi connectivity index (χ2v) is 8.70. The molecule has 0 spiro atoms. The third kappa shape index (κ3) is 4.35. The number of methoxy groups -OCH3 is 1. The highest BCUT2D eigenvalue weighted by atomic mass is 16.5. The largest absolute Gasteiger partial charge is 0.495 e. The molecule has 2 aromatic heterocycles. The Labute approximate surface area is 208 Å². The summed E-state index contributed by atoms with van der Waals surface area (Å²) < 4.78 is 17.4. The zero-order chi connectivity index (χ0) is 25.4. The maximum absolute atomic E-state index is 12.0. The molecule has 0 radical (unpaired) electrons. The fourth-order valence-corrected chi connectivity index (χ4v) is 4.24. The van der Waals surface area contributed by atoms with Crippen LogP contribution in [0.4, 0.5) is 11.6 Å². The lowest BCUT2D eigenvalue weighted by molar-refractivity contribution is 0.0962. The van der Waals surface area contributed by atoms with Gasteiger partial charge in [-0.2, -0.15) is 4.98 Å². The molecule has 0 saturated heterocycles. The summed E-state index contributed by atoms with van der Waals surface area (Å²) in [7, 11) is 3.14. The molecule has 0 atom stereocenters. The topological polar surface area (TPSA) is 111 Å². The molecule has 0 saturated carbocycles. The van der Waals surface area contributed by atoms with E-state index in [-0.39, 0.29) is 12.0 Å². The lowest BCUT2D eigenvalue weighted by atomic mass is 10.0. The molecule has 1 aliphatic rings. The number of ether oxygens (including phenoxy) is 2. The van der Waals surface area contributed by atoms with Gasteiger partial charge in [0.25, 0.3) is 5.91 Å². The SMILES string of the molecule is CNC(=O)c1ccc(Nc2nc3c(c(OC(C)C)n2)C(c2ccc4nc(C)oc4c2)=CC3)c(OC)c1. The summed E-state index contributed by atoms with van der Waals surface area (Å²) in [5, 5.41) is 5.84. The first-order chi connectivity index (χ1) is 17.4. The maximum Gasteiger partial charge on any atom is 0.251 e. The summed E-state index contributed by atoms with van der Waals surface area (Å²) in [6.07, 6.45) is 2.68. The number of aromatic nitrogens is 3. The number of amides is 1. The first-order valence-corrected chi connectivity index (χ1v) is 11.7. The van der Waals surface area contributed by atoms with E-state index in [1.165, 1.54) is 0 Å². The van der Waals surface area contributed by atoms with Gasteiger partial charge in [-0.15, -0.1) is 0 Å². The highest BCUT2D eigenvalue weighted by Gasteiger charge is 2.26. The van der Waals surface area contributed by atoms with Crippen LogP contribution in [0.1, 0.15) is 46.9 Å². The number of hydrogen-bond donors (Lipinski definition) is 2. The highest BCUT2D eigenvalue weighted by molar-refractivity contribution is 5.95. The number of benzene rings is 2. The van der Waals surface area contributed by atoms with Crippen LogP contribution in [0.15, 0.2) is 46.9 Å². The van der Waals surface area contributed by atoms with E-state index in [1.54, 1.807) is 32.4 Å². The molecule has 4 aromatic rings. The van der Waals surface area contributed by atoms with Crippen molar-refractivity contribution in [2.45, 2.75) is 33.3 Å². The van der Waals surface area contributed by atoms with Crippen molar-refractivity contribution in [2.24, 2.45) is 0 Å². The number of nitrogens with zero attached hydrogens (tertiary/aromatic N) is 3. The van der Waals surface area contributed by atoms with Gasteiger partial charge >= 0.3 is 0 Å². The number of hydrogen-bond acceptors (Lipinski definition) is 8. The van der Waals surface area contributed by atoms with Crippen molar-refractivity contribution >= 4 is 34.2 Å². The molecule has 1 amide bonds. The third-order valence-electron chi connectivity index (χ3n) is 5.81. The summed E-state index contributed by atoms with van der Waals surface area (Å²) in [6.45, 7) is 5.76. The zero-order valence-corrected chi connectivity index (χ0v) is 20.8. The van der Waals surface area contributed by atoms with Crippen molar-refractivity contribution in [1.82, 2.24) is 20.3 Å². The number of aryl methyl sites for hydroxylation is 1. The highest BCUT2D eigenvalue weighted by Crippen LogP contribution is 2.40. The Balaban J connectivity index is 1.52. The molecule has 9 nitrogen and oxygen atoms in total. The van der Waals surface area contributed by atoms with Crippen LogP contribution >= 0.6 is 0 Å². The van der Waals surface area contributed by atoms with Crippen molar-refractivity contribution < 1.29 is 18.7 Å². The molecule has 1 aliphatic carbocycles. The van der Waals surface area contributed by atoms with Gasteiger partial charge in [0.15, 0.2) is 11.5 Å². The van der Waals surface area contributed by atoms with Crippen LogP contribution in [0, 0.1) is 6.92 Å². The summed E-state index contributed by atoms with van der Waals surface area (Å²) in [5.74, 6) is 1.81. The molecule has 0 bridgehead atoms. The van der Waals surface area contributed by atoms with Crippen molar-refractivity contribution in [3.8, 4) is 11.6 Å². The molecule has 2 heterocycles. The lowest BCUT2D eigenvalue weighted by Gasteiger charge is -2.17. The van der Waals surface area contributed by atoms with Gasteiger partial charge in [0, 0.05) is 26.0 Å². The Bertz CT molecular complexity index is 1510. The minimum absolute atomic E-state index is 0.0838. The van der Waals surface area contributed by atoms with E-state index in [9.17, 15) is 4.79 Å². The second kappa shape index (κ2) is 9.33. The van der Waals surface area contributed by atoms with Crippen molar-refractivity contribution in [3.05, 3.63) is 70.7 Å². The Hall–Kier alpha value is -4.40. The molecule has 184 valence electrons. The molecule has 0 fully saturated rings. The number of carbonyl (C=O) groups excluding carboxylic acids is 1. The van der Waals surface area contributed by atoms with E-state index >= 15 is 0 Å². The standard InChI is InChI=1S/C27H27N5O4/c1-14(2)35-26-24-18(16-6-9-20-23(12-16)36-15(3)29-20)8-11-21(24)31-27(32-26)30-19-10-7-17(25(33)28-4)13-22(19)34-5/h6-10,12-14H,11H2,1-5H3,(H,28,33)(H,30,31,32). The van der Waals surface area contributed by atoms with E-state index in [2.05, 4.69) is 21.7 Å². The fourth-order valence-electron chi connectivity index (χ4n) is 4.24. The monoisotopic (exact) mass is 485 g/mol. The van der Waals surface area contributed by atoms with E-state index in [1.807, 2.05) is 39.0 Å². The first-order valence-electron chi connectivity index (χ1n) is 11.7. The molecule has 2 aromatic carbocycles. The Morgan fingerprint density at radius 3 is 2.69 bits per heavy atom. The Morgan fingerprint density at radius 2 is 1.94 bits per heavy atom. The quantitative estimate of drug-likeness (QED) is 0.384. The van der Waals surface area contributed by atoms with Crippen LogP contribution in [-0.4, -0.2) is 41.1 Å². The van der Waals surface area contributed by atoms with E-state index in [0.29, 0.717) is 41.1 Å². The number of anilines is 2. The summed E-state index contributed by atoms with van der Waals surface area (Å²) in [6, 6.07) is 11.1. The number of rotatable bonds is 7. The molecule has 9 heteroatoms. The first kappa shape index (κ1) is 23.3.